The second kappa shape index (κ2) is 8.93. The van der Waals surface area contributed by atoms with Crippen molar-refractivity contribution in [2.75, 3.05) is 19.8 Å². The van der Waals surface area contributed by atoms with Gasteiger partial charge in [-0.1, -0.05) is 12.8 Å². The molecule has 6 nitrogen and oxygen atoms in total. The number of nitrogens with one attached hydrogen (secondary N) is 1. The Morgan fingerprint density at radius 2 is 2.05 bits per heavy atom. The van der Waals surface area contributed by atoms with E-state index in [0.717, 1.165) is 31.4 Å². The fourth-order valence-corrected chi connectivity index (χ4v) is 2.19. The van der Waals surface area contributed by atoms with E-state index in [2.05, 4.69) is 10.3 Å². The molecule has 0 aliphatic carbocycles. The molecule has 1 amide bonds. The summed E-state index contributed by atoms with van der Waals surface area (Å²) in [4.78, 5) is 24.8. The number of aromatic nitrogens is 1. The van der Waals surface area contributed by atoms with Crippen LogP contribution in [0.2, 0.25) is 0 Å². The molecule has 0 aromatic carbocycles. The molecule has 1 heterocycles. The van der Waals surface area contributed by atoms with Gasteiger partial charge in [-0.25, -0.2) is 0 Å². The van der Waals surface area contributed by atoms with Crippen LogP contribution in [0.4, 0.5) is 0 Å². The summed E-state index contributed by atoms with van der Waals surface area (Å²) in [6.45, 7) is 3.97. The summed E-state index contributed by atoms with van der Waals surface area (Å²) in [7, 11) is -3.34. The van der Waals surface area contributed by atoms with Crippen LogP contribution in [-0.2, 0) is 9.09 Å². The van der Waals surface area contributed by atoms with Crippen LogP contribution in [0.15, 0.2) is 18.3 Å². The van der Waals surface area contributed by atoms with Gasteiger partial charge in [0.15, 0.2) is 0 Å². The van der Waals surface area contributed by atoms with Crippen molar-refractivity contribution < 1.29 is 18.8 Å². The SMILES string of the molecule is Cc1ccc(C(=O)NCCCCCCOP(C)(=O)O)cn1. The predicted molar refractivity (Wildman–Crippen MR) is 81.5 cm³/mol. The second-order valence-corrected chi connectivity index (χ2v) is 6.86. The Morgan fingerprint density at radius 3 is 2.67 bits per heavy atom. The van der Waals surface area contributed by atoms with E-state index in [0.29, 0.717) is 18.7 Å². The van der Waals surface area contributed by atoms with Crippen molar-refractivity contribution in [1.29, 1.82) is 0 Å². The Hall–Kier alpha value is -1.23. The van der Waals surface area contributed by atoms with Crippen molar-refractivity contribution in [3.05, 3.63) is 29.6 Å². The Balaban J connectivity index is 2.05. The highest BCUT2D eigenvalue weighted by Crippen LogP contribution is 2.36. The zero-order chi connectivity index (χ0) is 15.7. The maximum absolute atomic E-state index is 11.8. The molecule has 0 bridgehead atoms. The van der Waals surface area contributed by atoms with Gasteiger partial charge in [0.05, 0.1) is 12.2 Å². The van der Waals surface area contributed by atoms with Gasteiger partial charge in [-0.2, -0.15) is 0 Å². The molecule has 7 heteroatoms. The Morgan fingerprint density at radius 1 is 1.33 bits per heavy atom. The van der Waals surface area contributed by atoms with E-state index in [9.17, 15) is 9.36 Å². The summed E-state index contributed by atoms with van der Waals surface area (Å²) >= 11 is 0. The molecular weight excluding hydrogens is 291 g/mol. The van der Waals surface area contributed by atoms with Gasteiger partial charge in [0.2, 0.25) is 0 Å². The van der Waals surface area contributed by atoms with Crippen LogP contribution in [0.5, 0.6) is 0 Å². The molecule has 1 aromatic heterocycles. The Kier molecular flexibility index (Phi) is 7.57. The van der Waals surface area contributed by atoms with Crippen LogP contribution in [0.1, 0.15) is 41.7 Å². The minimum Gasteiger partial charge on any atom is -0.352 e. The molecule has 0 aliphatic rings. The van der Waals surface area contributed by atoms with Gasteiger partial charge in [0.1, 0.15) is 0 Å². The lowest BCUT2D eigenvalue weighted by molar-refractivity contribution is 0.0952. The smallest absolute Gasteiger partial charge is 0.325 e. The highest BCUT2D eigenvalue weighted by atomic mass is 31.2. The van der Waals surface area contributed by atoms with E-state index in [1.165, 1.54) is 6.66 Å². The van der Waals surface area contributed by atoms with Gasteiger partial charge in [-0.3, -0.25) is 14.3 Å². The number of carbonyl (C=O) groups excluding carboxylic acids is 1. The third-order valence-corrected chi connectivity index (χ3v) is 3.52. The van der Waals surface area contributed by atoms with Crippen molar-refractivity contribution >= 4 is 13.5 Å². The Labute approximate surface area is 125 Å². The number of hydrogen-bond acceptors (Lipinski definition) is 4. The van der Waals surface area contributed by atoms with E-state index in [4.69, 9.17) is 9.42 Å². The molecule has 1 aromatic rings. The summed E-state index contributed by atoms with van der Waals surface area (Å²) < 4.78 is 15.6. The number of amides is 1. The number of hydrogen-bond donors (Lipinski definition) is 2. The highest BCUT2D eigenvalue weighted by molar-refractivity contribution is 7.51. The monoisotopic (exact) mass is 314 g/mol. The lowest BCUT2D eigenvalue weighted by atomic mass is 10.2. The average Bonchev–Trinajstić information content (AvgIpc) is 2.41. The molecule has 0 radical (unpaired) electrons. The number of nitrogens with zero attached hydrogens (tertiary/aromatic N) is 1. The van der Waals surface area contributed by atoms with Crippen molar-refractivity contribution in [2.45, 2.75) is 32.6 Å². The fourth-order valence-electron chi connectivity index (χ4n) is 1.72. The zero-order valence-electron chi connectivity index (χ0n) is 12.5. The normalized spacial score (nSPS) is 13.7. The van der Waals surface area contributed by atoms with E-state index in [1.54, 1.807) is 12.3 Å². The maximum atomic E-state index is 11.8. The molecule has 1 unspecified atom stereocenters. The first kappa shape index (κ1) is 17.8. The first-order valence-corrected chi connectivity index (χ1v) is 9.06. The number of rotatable bonds is 9. The van der Waals surface area contributed by atoms with E-state index in [-0.39, 0.29) is 5.91 Å². The van der Waals surface area contributed by atoms with E-state index < -0.39 is 7.60 Å². The van der Waals surface area contributed by atoms with E-state index in [1.807, 2.05) is 13.0 Å². The number of carbonyl (C=O) groups is 1. The van der Waals surface area contributed by atoms with Gasteiger partial charge >= 0.3 is 7.60 Å². The van der Waals surface area contributed by atoms with Crippen LogP contribution in [0.3, 0.4) is 0 Å². The molecule has 1 atom stereocenters. The van der Waals surface area contributed by atoms with Gasteiger partial charge < -0.3 is 14.7 Å². The van der Waals surface area contributed by atoms with Crippen LogP contribution in [0.25, 0.3) is 0 Å². The van der Waals surface area contributed by atoms with E-state index >= 15 is 0 Å². The van der Waals surface area contributed by atoms with Gasteiger partial charge in [0, 0.05) is 25.1 Å². The van der Waals surface area contributed by atoms with Gasteiger partial charge in [-0.05, 0) is 31.9 Å². The minimum atomic E-state index is -3.34. The molecule has 2 N–H and O–H groups in total. The fraction of sp³-hybridized carbons (Fsp3) is 0.571. The molecule has 0 fully saturated rings. The zero-order valence-corrected chi connectivity index (χ0v) is 13.4. The molecule has 118 valence electrons. The quantitative estimate of drug-likeness (QED) is 0.540. The molecular formula is C14H23N2O4P. The summed E-state index contributed by atoms with van der Waals surface area (Å²) in [6, 6.07) is 3.56. The van der Waals surface area contributed by atoms with Crippen LogP contribution < -0.4 is 5.32 Å². The van der Waals surface area contributed by atoms with Crippen molar-refractivity contribution in [3.8, 4) is 0 Å². The third kappa shape index (κ3) is 8.60. The van der Waals surface area contributed by atoms with Crippen molar-refractivity contribution in [1.82, 2.24) is 10.3 Å². The van der Waals surface area contributed by atoms with Gasteiger partial charge in [0.25, 0.3) is 5.91 Å². The van der Waals surface area contributed by atoms with Crippen molar-refractivity contribution in [2.24, 2.45) is 0 Å². The standard InChI is InChI=1S/C14H23N2O4P/c1-12-7-8-13(11-16-12)14(17)15-9-5-3-4-6-10-20-21(2,18)19/h7-8,11H,3-6,9-10H2,1-2H3,(H,15,17)(H,18,19). The second-order valence-electron chi connectivity index (χ2n) is 4.99. The van der Waals surface area contributed by atoms with Crippen LogP contribution in [-0.4, -0.2) is 35.6 Å². The number of aryl methyl sites for hydroxylation is 1. The highest BCUT2D eigenvalue weighted by Gasteiger charge is 2.08. The predicted octanol–water partition coefficient (Wildman–Crippen LogP) is 2.51. The molecule has 0 aliphatic heterocycles. The molecule has 0 saturated heterocycles. The molecule has 21 heavy (non-hydrogen) atoms. The third-order valence-electron chi connectivity index (χ3n) is 2.86. The number of pyridine rings is 1. The summed E-state index contributed by atoms with van der Waals surface area (Å²) in [6.07, 6.45) is 5.03. The molecule has 0 spiro atoms. The largest absolute Gasteiger partial charge is 0.352 e. The molecule has 0 saturated carbocycles. The first-order valence-electron chi connectivity index (χ1n) is 7.04. The Bertz CT molecular complexity index is 484. The molecule has 1 rings (SSSR count). The lowest BCUT2D eigenvalue weighted by Crippen LogP contribution is -2.24. The first-order chi connectivity index (χ1) is 9.88. The summed E-state index contributed by atoms with van der Waals surface area (Å²) in [5.74, 6) is -0.113. The van der Waals surface area contributed by atoms with Crippen molar-refractivity contribution in [3.63, 3.8) is 0 Å². The summed E-state index contributed by atoms with van der Waals surface area (Å²) in [5.41, 5.74) is 1.45. The topological polar surface area (TPSA) is 88.5 Å². The van der Waals surface area contributed by atoms with Crippen LogP contribution in [0, 0.1) is 6.92 Å². The average molecular weight is 314 g/mol. The summed E-state index contributed by atoms with van der Waals surface area (Å²) in [5, 5.41) is 2.84. The minimum absolute atomic E-state index is 0.113. The lowest BCUT2D eigenvalue weighted by Gasteiger charge is -2.07. The number of unbranched alkanes of at least 4 members (excludes halogenated alkanes) is 3. The van der Waals surface area contributed by atoms with Crippen LogP contribution >= 0.6 is 7.60 Å². The maximum Gasteiger partial charge on any atom is 0.325 e. The van der Waals surface area contributed by atoms with Gasteiger partial charge in [-0.15, -0.1) is 0 Å².